The fourth-order valence-corrected chi connectivity index (χ4v) is 1.38. The second-order valence-electron chi connectivity index (χ2n) is 4.61. The van der Waals surface area contributed by atoms with Crippen LogP contribution in [0.2, 0.25) is 0 Å². The molecule has 7 N–H and O–H groups in total. The van der Waals surface area contributed by atoms with Gasteiger partial charge in [-0.25, -0.2) is 0 Å². The first-order valence-electron chi connectivity index (χ1n) is 5.48. The van der Waals surface area contributed by atoms with Crippen LogP contribution in [0.3, 0.4) is 0 Å². The van der Waals surface area contributed by atoms with Crippen molar-refractivity contribution in [2.24, 2.45) is 11.5 Å². The van der Waals surface area contributed by atoms with E-state index in [9.17, 15) is 9.59 Å². The Labute approximate surface area is 106 Å². The summed E-state index contributed by atoms with van der Waals surface area (Å²) in [5.74, 6) is -1.03. The Morgan fingerprint density at radius 2 is 1.89 bits per heavy atom. The van der Waals surface area contributed by atoms with Crippen molar-refractivity contribution in [3.8, 4) is 0 Å². The number of rotatable bonds is 4. The fraction of sp³-hybridized carbons (Fsp3) is 0.333. The van der Waals surface area contributed by atoms with E-state index in [0.717, 1.165) is 5.56 Å². The molecule has 0 aromatic heterocycles. The molecule has 0 heterocycles. The number of carbonyl (C=O) groups excluding carboxylic acids is 2. The quantitative estimate of drug-likeness (QED) is 0.548. The normalized spacial score (nSPS) is 11.1. The SMILES string of the molecule is CC(C)(NC(=O)c1cc(N)cc(CN)c1)C(N)=O. The number of hydrogen-bond acceptors (Lipinski definition) is 4. The van der Waals surface area contributed by atoms with E-state index in [0.29, 0.717) is 11.3 Å². The molecular weight excluding hydrogens is 232 g/mol. The number of carbonyl (C=O) groups is 2. The van der Waals surface area contributed by atoms with Gasteiger partial charge < -0.3 is 22.5 Å². The lowest BCUT2D eigenvalue weighted by Crippen LogP contribution is -2.53. The zero-order valence-electron chi connectivity index (χ0n) is 10.5. The van der Waals surface area contributed by atoms with E-state index in [1.165, 1.54) is 19.9 Å². The van der Waals surface area contributed by atoms with Gasteiger partial charge in [0.2, 0.25) is 5.91 Å². The molecule has 1 aromatic carbocycles. The average Bonchev–Trinajstić information content (AvgIpc) is 2.27. The van der Waals surface area contributed by atoms with Crippen LogP contribution in [0.5, 0.6) is 0 Å². The molecule has 0 bridgehead atoms. The zero-order chi connectivity index (χ0) is 13.9. The molecule has 2 amide bonds. The minimum Gasteiger partial charge on any atom is -0.399 e. The minimum atomic E-state index is -1.12. The van der Waals surface area contributed by atoms with Gasteiger partial charge in [-0.3, -0.25) is 9.59 Å². The highest BCUT2D eigenvalue weighted by Gasteiger charge is 2.27. The lowest BCUT2D eigenvalue weighted by molar-refractivity contribution is -0.122. The van der Waals surface area contributed by atoms with Crippen LogP contribution in [0.25, 0.3) is 0 Å². The molecule has 6 heteroatoms. The van der Waals surface area contributed by atoms with E-state index in [4.69, 9.17) is 17.2 Å². The van der Waals surface area contributed by atoms with Crippen molar-refractivity contribution in [3.63, 3.8) is 0 Å². The van der Waals surface area contributed by atoms with Gasteiger partial charge in [-0.2, -0.15) is 0 Å². The highest BCUT2D eigenvalue weighted by Crippen LogP contribution is 2.13. The highest BCUT2D eigenvalue weighted by molar-refractivity contribution is 5.99. The summed E-state index contributed by atoms with van der Waals surface area (Å²) < 4.78 is 0. The Morgan fingerprint density at radius 1 is 1.28 bits per heavy atom. The number of nitrogens with two attached hydrogens (primary N) is 3. The summed E-state index contributed by atoms with van der Waals surface area (Å²) in [6.45, 7) is 3.34. The summed E-state index contributed by atoms with van der Waals surface area (Å²) in [4.78, 5) is 23.1. The standard InChI is InChI=1S/C12H18N4O2/c1-12(2,11(15)18)16-10(17)8-3-7(6-13)4-9(14)5-8/h3-5H,6,13-14H2,1-2H3,(H2,15,18)(H,16,17). The molecule has 1 aromatic rings. The van der Waals surface area contributed by atoms with Crippen molar-refractivity contribution < 1.29 is 9.59 Å². The molecular formula is C12H18N4O2. The van der Waals surface area contributed by atoms with Crippen molar-refractivity contribution >= 4 is 17.5 Å². The minimum absolute atomic E-state index is 0.282. The van der Waals surface area contributed by atoms with Crippen LogP contribution in [-0.4, -0.2) is 17.4 Å². The first kappa shape index (κ1) is 14.0. The summed E-state index contributed by atoms with van der Waals surface area (Å²) in [5, 5.41) is 2.54. The predicted molar refractivity (Wildman–Crippen MR) is 69.5 cm³/mol. The summed E-state index contributed by atoms with van der Waals surface area (Å²) >= 11 is 0. The number of amides is 2. The van der Waals surface area contributed by atoms with Crippen LogP contribution in [-0.2, 0) is 11.3 Å². The topological polar surface area (TPSA) is 124 Å². The summed E-state index contributed by atoms with van der Waals surface area (Å²) in [7, 11) is 0. The summed E-state index contributed by atoms with van der Waals surface area (Å²) in [6, 6.07) is 4.84. The monoisotopic (exact) mass is 250 g/mol. The van der Waals surface area contributed by atoms with Gasteiger partial charge in [-0.1, -0.05) is 0 Å². The van der Waals surface area contributed by atoms with Crippen molar-refractivity contribution in [1.82, 2.24) is 5.32 Å². The van der Waals surface area contributed by atoms with Gasteiger partial charge in [0, 0.05) is 17.8 Å². The third-order valence-corrected chi connectivity index (χ3v) is 2.56. The Hall–Kier alpha value is -2.08. The van der Waals surface area contributed by atoms with Gasteiger partial charge in [-0.05, 0) is 37.6 Å². The van der Waals surface area contributed by atoms with E-state index in [1.54, 1.807) is 12.1 Å². The van der Waals surface area contributed by atoms with Crippen molar-refractivity contribution in [2.75, 3.05) is 5.73 Å². The summed E-state index contributed by atoms with van der Waals surface area (Å²) in [5.41, 5.74) is 16.8. The van der Waals surface area contributed by atoms with Gasteiger partial charge in [0.1, 0.15) is 5.54 Å². The van der Waals surface area contributed by atoms with Crippen LogP contribution in [0.15, 0.2) is 18.2 Å². The Bertz CT molecular complexity index is 483. The molecule has 0 saturated carbocycles. The molecule has 0 spiro atoms. The maximum absolute atomic E-state index is 12.0. The van der Waals surface area contributed by atoms with Crippen molar-refractivity contribution in [2.45, 2.75) is 25.9 Å². The van der Waals surface area contributed by atoms with Crippen molar-refractivity contribution in [1.29, 1.82) is 0 Å². The first-order valence-corrected chi connectivity index (χ1v) is 5.48. The van der Waals surface area contributed by atoms with E-state index in [-0.39, 0.29) is 6.54 Å². The molecule has 0 fully saturated rings. The number of primary amides is 1. The molecule has 0 atom stereocenters. The van der Waals surface area contributed by atoms with Gasteiger partial charge >= 0.3 is 0 Å². The molecule has 0 aliphatic rings. The Morgan fingerprint density at radius 3 is 2.39 bits per heavy atom. The van der Waals surface area contributed by atoms with Crippen LogP contribution in [0, 0.1) is 0 Å². The van der Waals surface area contributed by atoms with Crippen LogP contribution in [0.4, 0.5) is 5.69 Å². The number of anilines is 1. The Balaban J connectivity index is 2.98. The van der Waals surface area contributed by atoms with Gasteiger partial charge in [0.05, 0.1) is 0 Å². The molecule has 0 aliphatic carbocycles. The first-order chi connectivity index (χ1) is 8.26. The second kappa shape index (κ2) is 5.05. The molecule has 1 rings (SSSR count). The lowest BCUT2D eigenvalue weighted by atomic mass is 10.0. The average molecular weight is 250 g/mol. The summed E-state index contributed by atoms with van der Waals surface area (Å²) in [6.07, 6.45) is 0. The third kappa shape index (κ3) is 3.21. The molecule has 0 aliphatic heterocycles. The van der Waals surface area contributed by atoms with Crippen LogP contribution >= 0.6 is 0 Å². The molecule has 6 nitrogen and oxygen atoms in total. The van der Waals surface area contributed by atoms with Gasteiger partial charge in [0.25, 0.3) is 5.91 Å². The molecule has 0 unspecified atom stereocenters. The number of nitrogens with one attached hydrogen (secondary N) is 1. The zero-order valence-corrected chi connectivity index (χ0v) is 10.5. The smallest absolute Gasteiger partial charge is 0.252 e. The largest absolute Gasteiger partial charge is 0.399 e. The fourth-order valence-electron chi connectivity index (χ4n) is 1.38. The van der Waals surface area contributed by atoms with E-state index in [1.807, 2.05) is 0 Å². The van der Waals surface area contributed by atoms with Gasteiger partial charge in [0.15, 0.2) is 0 Å². The highest BCUT2D eigenvalue weighted by atomic mass is 16.2. The van der Waals surface area contributed by atoms with E-state index in [2.05, 4.69) is 5.32 Å². The molecule has 0 radical (unpaired) electrons. The number of nitrogen functional groups attached to an aromatic ring is 1. The van der Waals surface area contributed by atoms with Crippen molar-refractivity contribution in [3.05, 3.63) is 29.3 Å². The molecule has 98 valence electrons. The third-order valence-electron chi connectivity index (χ3n) is 2.56. The van der Waals surface area contributed by atoms with Crippen LogP contribution < -0.4 is 22.5 Å². The maximum atomic E-state index is 12.0. The molecule has 0 saturated heterocycles. The second-order valence-corrected chi connectivity index (χ2v) is 4.61. The predicted octanol–water partition coefficient (Wildman–Crippen LogP) is -0.279. The lowest BCUT2D eigenvalue weighted by Gasteiger charge is -2.22. The molecule has 18 heavy (non-hydrogen) atoms. The Kier molecular flexibility index (Phi) is 3.93. The number of benzene rings is 1. The van der Waals surface area contributed by atoms with E-state index < -0.39 is 17.4 Å². The number of hydrogen-bond donors (Lipinski definition) is 4. The van der Waals surface area contributed by atoms with Gasteiger partial charge in [-0.15, -0.1) is 0 Å². The van der Waals surface area contributed by atoms with E-state index >= 15 is 0 Å². The maximum Gasteiger partial charge on any atom is 0.252 e. The van der Waals surface area contributed by atoms with Crippen LogP contribution in [0.1, 0.15) is 29.8 Å².